The Kier molecular flexibility index (Phi) is 5.18. The molecule has 0 aliphatic carbocycles. The average molecular weight is 446 g/mol. The van der Waals surface area contributed by atoms with Crippen molar-refractivity contribution in [2.24, 2.45) is 7.05 Å². The van der Waals surface area contributed by atoms with Crippen molar-refractivity contribution in [2.45, 2.75) is 20.0 Å². The van der Waals surface area contributed by atoms with Crippen LogP contribution in [0.25, 0.3) is 16.6 Å². The van der Waals surface area contributed by atoms with Crippen LogP contribution in [0.1, 0.15) is 24.3 Å². The number of ether oxygens (including phenoxy) is 1. The largest absolute Gasteiger partial charge is 0.484 e. The fraction of sp³-hybridized carbons (Fsp3) is 0.182. The fourth-order valence-corrected chi connectivity index (χ4v) is 3.88. The maximum absolute atomic E-state index is 13.6. The molecule has 4 rings (SSSR count). The van der Waals surface area contributed by atoms with Gasteiger partial charge >= 0.3 is 0 Å². The molecule has 160 valence electrons. The summed E-state index contributed by atoms with van der Waals surface area (Å²) in [5.41, 5.74) is 1.17. The Morgan fingerprint density at radius 2 is 1.81 bits per heavy atom. The zero-order valence-electron chi connectivity index (χ0n) is 16.9. The molecule has 2 heterocycles. The number of halogens is 3. The normalized spacial score (nSPS) is 12.3. The molecule has 0 aliphatic rings. The van der Waals surface area contributed by atoms with Crippen molar-refractivity contribution in [3.8, 4) is 11.4 Å². The number of aromatic nitrogens is 3. The lowest BCUT2D eigenvalue weighted by Gasteiger charge is -2.18. The van der Waals surface area contributed by atoms with Crippen LogP contribution < -0.4 is 15.9 Å². The number of aromatic amines is 1. The second-order valence-corrected chi connectivity index (χ2v) is 7.67. The van der Waals surface area contributed by atoms with Gasteiger partial charge in [0.05, 0.1) is 27.3 Å². The van der Waals surface area contributed by atoms with Gasteiger partial charge in [0.25, 0.3) is 11.1 Å². The van der Waals surface area contributed by atoms with Gasteiger partial charge < -0.3 is 9.30 Å². The summed E-state index contributed by atoms with van der Waals surface area (Å²) in [4.78, 5) is 25.8. The highest BCUT2D eigenvalue weighted by molar-refractivity contribution is 6.32. The molecule has 0 spiro atoms. The monoisotopic (exact) mass is 445 g/mol. The fourth-order valence-electron chi connectivity index (χ4n) is 3.56. The Hall–Kier alpha value is -3.39. The zero-order valence-corrected chi connectivity index (χ0v) is 17.6. The molecule has 0 saturated carbocycles. The SMILES string of the molecule is Cc1ccc(-n2[nH]c3cc(=O)n(C)c(C(C)Oc4ccc(F)c(F)c4)c3c2=O)c(Cl)c1. The topological polar surface area (TPSA) is 69.0 Å². The number of benzene rings is 2. The molecule has 2 aromatic carbocycles. The van der Waals surface area contributed by atoms with Crippen LogP contribution in [0.2, 0.25) is 5.02 Å². The molecule has 0 fully saturated rings. The summed E-state index contributed by atoms with van der Waals surface area (Å²) in [7, 11) is 1.51. The summed E-state index contributed by atoms with van der Waals surface area (Å²) in [5, 5.41) is 3.52. The number of pyridine rings is 1. The van der Waals surface area contributed by atoms with E-state index in [1.54, 1.807) is 19.1 Å². The maximum Gasteiger partial charge on any atom is 0.281 e. The average Bonchev–Trinajstić information content (AvgIpc) is 3.01. The Balaban J connectivity index is 1.89. The Labute approximate surface area is 180 Å². The van der Waals surface area contributed by atoms with Gasteiger partial charge in [0.2, 0.25) is 0 Å². The Morgan fingerprint density at radius 3 is 2.48 bits per heavy atom. The van der Waals surface area contributed by atoms with E-state index in [9.17, 15) is 18.4 Å². The van der Waals surface area contributed by atoms with Crippen molar-refractivity contribution in [2.75, 3.05) is 0 Å². The molecule has 31 heavy (non-hydrogen) atoms. The standard InChI is InChI=1S/C22H18ClF2N3O3/c1-11-4-7-18(14(23)8-11)28-22(30)20-17(26-28)10-19(29)27(3)21(20)12(2)31-13-5-6-15(24)16(25)9-13/h4-10,12,26H,1-3H3. The quantitative estimate of drug-likeness (QED) is 0.506. The number of hydrogen-bond donors (Lipinski definition) is 1. The van der Waals surface area contributed by atoms with E-state index in [-0.39, 0.29) is 22.4 Å². The third kappa shape index (κ3) is 3.63. The number of aryl methyl sites for hydroxylation is 1. The highest BCUT2D eigenvalue weighted by Crippen LogP contribution is 2.27. The van der Waals surface area contributed by atoms with Crippen LogP contribution >= 0.6 is 11.6 Å². The van der Waals surface area contributed by atoms with Crippen LogP contribution in [0.15, 0.2) is 52.1 Å². The van der Waals surface area contributed by atoms with Gasteiger partial charge in [-0.15, -0.1) is 0 Å². The van der Waals surface area contributed by atoms with Crippen LogP contribution in [-0.2, 0) is 7.05 Å². The van der Waals surface area contributed by atoms with Crippen LogP contribution in [-0.4, -0.2) is 14.3 Å². The Bertz CT molecular complexity index is 1440. The summed E-state index contributed by atoms with van der Waals surface area (Å²) in [6.45, 7) is 3.49. The lowest BCUT2D eigenvalue weighted by Crippen LogP contribution is -2.25. The second kappa shape index (κ2) is 7.70. The van der Waals surface area contributed by atoms with Gasteiger partial charge in [-0.05, 0) is 43.7 Å². The summed E-state index contributed by atoms with van der Waals surface area (Å²) >= 11 is 6.33. The molecule has 6 nitrogen and oxygen atoms in total. The van der Waals surface area contributed by atoms with Crippen molar-refractivity contribution >= 4 is 22.5 Å². The van der Waals surface area contributed by atoms with Crippen LogP contribution in [0.5, 0.6) is 5.75 Å². The molecule has 2 aromatic heterocycles. The third-order valence-electron chi connectivity index (χ3n) is 5.07. The van der Waals surface area contributed by atoms with Gasteiger partial charge in [-0.1, -0.05) is 17.7 Å². The number of hydrogen-bond acceptors (Lipinski definition) is 3. The van der Waals surface area contributed by atoms with Crippen molar-refractivity contribution in [3.63, 3.8) is 0 Å². The lowest BCUT2D eigenvalue weighted by molar-refractivity contribution is 0.217. The number of H-pyrrole nitrogens is 1. The Morgan fingerprint density at radius 1 is 1.06 bits per heavy atom. The predicted octanol–water partition coefficient (Wildman–Crippen LogP) is 4.40. The smallest absolute Gasteiger partial charge is 0.281 e. The molecule has 1 unspecified atom stereocenters. The van der Waals surface area contributed by atoms with E-state index in [0.717, 1.165) is 17.7 Å². The van der Waals surface area contributed by atoms with E-state index in [4.69, 9.17) is 16.3 Å². The first kappa shape index (κ1) is 20.9. The molecule has 0 bridgehead atoms. The lowest BCUT2D eigenvalue weighted by atomic mass is 10.1. The minimum Gasteiger partial charge on any atom is -0.484 e. The van der Waals surface area contributed by atoms with Gasteiger partial charge in [-0.25, -0.2) is 13.5 Å². The van der Waals surface area contributed by atoms with Crippen LogP contribution in [0, 0.1) is 18.6 Å². The molecule has 9 heteroatoms. The molecular weight excluding hydrogens is 428 g/mol. The van der Waals surface area contributed by atoms with E-state index in [2.05, 4.69) is 5.10 Å². The first-order valence-electron chi connectivity index (χ1n) is 9.40. The molecular formula is C22H18ClF2N3O3. The first-order chi connectivity index (χ1) is 14.7. The molecule has 0 amide bonds. The van der Waals surface area contributed by atoms with Gasteiger partial charge in [-0.2, -0.15) is 0 Å². The number of nitrogens with zero attached hydrogens (tertiary/aromatic N) is 2. The number of nitrogens with one attached hydrogen (secondary N) is 1. The number of rotatable bonds is 4. The van der Waals surface area contributed by atoms with Crippen LogP contribution in [0.3, 0.4) is 0 Å². The van der Waals surface area contributed by atoms with Gasteiger partial charge in [0.15, 0.2) is 11.6 Å². The molecule has 1 N–H and O–H groups in total. The van der Waals surface area contributed by atoms with E-state index in [0.29, 0.717) is 16.2 Å². The molecule has 0 saturated heterocycles. The van der Waals surface area contributed by atoms with Crippen molar-refractivity contribution in [3.05, 3.63) is 91.1 Å². The van der Waals surface area contributed by atoms with E-state index < -0.39 is 23.3 Å². The van der Waals surface area contributed by atoms with Crippen LogP contribution in [0.4, 0.5) is 8.78 Å². The number of fused-ring (bicyclic) bond motifs is 1. The molecule has 0 radical (unpaired) electrons. The summed E-state index contributed by atoms with van der Waals surface area (Å²) in [6, 6.07) is 9.67. The zero-order chi connectivity index (χ0) is 22.4. The highest BCUT2D eigenvalue weighted by atomic mass is 35.5. The van der Waals surface area contributed by atoms with Crippen molar-refractivity contribution in [1.82, 2.24) is 14.3 Å². The molecule has 4 aromatic rings. The minimum absolute atomic E-state index is 0.0632. The first-order valence-corrected chi connectivity index (χ1v) is 9.78. The van der Waals surface area contributed by atoms with Crippen molar-refractivity contribution < 1.29 is 13.5 Å². The third-order valence-corrected chi connectivity index (χ3v) is 5.37. The minimum atomic E-state index is -1.06. The summed E-state index contributed by atoms with van der Waals surface area (Å²) in [5.74, 6) is -2.00. The molecule has 1 atom stereocenters. The summed E-state index contributed by atoms with van der Waals surface area (Å²) < 4.78 is 35.1. The van der Waals surface area contributed by atoms with E-state index >= 15 is 0 Å². The maximum atomic E-state index is 13.6. The molecule has 0 aliphatic heterocycles. The van der Waals surface area contributed by atoms with Gasteiger partial charge in [0.1, 0.15) is 11.9 Å². The van der Waals surface area contributed by atoms with Gasteiger partial charge in [-0.3, -0.25) is 14.7 Å². The summed E-state index contributed by atoms with van der Waals surface area (Å²) in [6.07, 6.45) is -0.822. The predicted molar refractivity (Wildman–Crippen MR) is 114 cm³/mol. The van der Waals surface area contributed by atoms with E-state index in [1.165, 1.54) is 28.4 Å². The van der Waals surface area contributed by atoms with E-state index in [1.807, 2.05) is 13.0 Å². The second-order valence-electron chi connectivity index (χ2n) is 7.26. The van der Waals surface area contributed by atoms with Crippen molar-refractivity contribution in [1.29, 1.82) is 0 Å². The van der Waals surface area contributed by atoms with Gasteiger partial charge in [0, 0.05) is 19.2 Å². The highest BCUT2D eigenvalue weighted by Gasteiger charge is 2.22.